The van der Waals surface area contributed by atoms with Gasteiger partial charge in [-0.2, -0.15) is 0 Å². The summed E-state index contributed by atoms with van der Waals surface area (Å²) in [5.74, 6) is 0.650. The Bertz CT molecular complexity index is 542. The Morgan fingerprint density at radius 1 is 1.48 bits per heavy atom. The molecule has 0 radical (unpaired) electrons. The van der Waals surface area contributed by atoms with Gasteiger partial charge in [-0.15, -0.1) is 0 Å². The first-order valence-corrected chi connectivity index (χ1v) is 8.27. The Hall–Kier alpha value is -1.46. The van der Waals surface area contributed by atoms with E-state index in [0.29, 0.717) is 36.8 Å². The average molecular weight is 341 g/mol. The number of nitrogens with one attached hydrogen (secondary N) is 1. The van der Waals surface area contributed by atoms with Gasteiger partial charge in [-0.05, 0) is 30.9 Å². The van der Waals surface area contributed by atoms with Gasteiger partial charge >= 0.3 is 6.03 Å². The molecule has 2 amide bonds. The van der Waals surface area contributed by atoms with Crippen LogP contribution in [0.1, 0.15) is 27.2 Å². The Labute approximate surface area is 142 Å². The summed E-state index contributed by atoms with van der Waals surface area (Å²) in [4.78, 5) is 13.8. The van der Waals surface area contributed by atoms with Gasteiger partial charge in [0.25, 0.3) is 0 Å². The number of rotatable bonds is 6. The van der Waals surface area contributed by atoms with Gasteiger partial charge < -0.3 is 20.1 Å². The number of carbonyl (C=O) groups is 1. The highest BCUT2D eigenvalue weighted by Gasteiger charge is 2.33. The van der Waals surface area contributed by atoms with Crippen LogP contribution in [0.4, 0.5) is 4.79 Å². The molecule has 1 aliphatic heterocycles. The number of likely N-dealkylation sites (tertiary alicyclic amines) is 1. The Morgan fingerprint density at radius 2 is 2.13 bits per heavy atom. The van der Waals surface area contributed by atoms with E-state index in [1.54, 1.807) is 17.9 Å². The molecular weight excluding hydrogens is 316 g/mol. The Balaban J connectivity index is 1.72. The van der Waals surface area contributed by atoms with Crippen LogP contribution < -0.4 is 10.1 Å². The van der Waals surface area contributed by atoms with E-state index in [1.807, 2.05) is 32.0 Å². The van der Waals surface area contributed by atoms with Gasteiger partial charge in [0, 0.05) is 6.54 Å². The second kappa shape index (κ2) is 7.41. The highest BCUT2D eigenvalue weighted by Crippen LogP contribution is 2.26. The van der Waals surface area contributed by atoms with Crippen LogP contribution in [0.15, 0.2) is 24.3 Å². The van der Waals surface area contributed by atoms with Crippen molar-refractivity contribution in [3.05, 3.63) is 29.3 Å². The van der Waals surface area contributed by atoms with Crippen molar-refractivity contribution >= 4 is 17.6 Å². The lowest BCUT2D eigenvalue weighted by Gasteiger charge is -2.39. The van der Waals surface area contributed by atoms with Crippen LogP contribution in [0.2, 0.25) is 5.02 Å². The molecule has 2 rings (SSSR count). The van der Waals surface area contributed by atoms with E-state index in [-0.39, 0.29) is 23.7 Å². The molecule has 128 valence electrons. The fourth-order valence-electron chi connectivity index (χ4n) is 2.70. The van der Waals surface area contributed by atoms with E-state index in [0.717, 1.165) is 0 Å². The first kappa shape index (κ1) is 17.9. The van der Waals surface area contributed by atoms with Crippen LogP contribution in [-0.4, -0.2) is 47.9 Å². The van der Waals surface area contributed by atoms with Crippen LogP contribution in [0.25, 0.3) is 0 Å². The fourth-order valence-corrected chi connectivity index (χ4v) is 2.88. The molecule has 1 atom stereocenters. The third-order valence-electron chi connectivity index (χ3n) is 3.83. The van der Waals surface area contributed by atoms with Gasteiger partial charge in [0.05, 0.1) is 24.2 Å². The summed E-state index contributed by atoms with van der Waals surface area (Å²) in [6.45, 7) is 7.44. The number of aliphatic hydroxyl groups excluding tert-OH is 1. The number of nitrogens with zero attached hydrogens (tertiary/aromatic N) is 1. The molecule has 6 heteroatoms. The van der Waals surface area contributed by atoms with Crippen molar-refractivity contribution in [1.29, 1.82) is 0 Å². The second-order valence-electron chi connectivity index (χ2n) is 6.95. The maximum absolute atomic E-state index is 12.1. The van der Waals surface area contributed by atoms with Crippen molar-refractivity contribution < 1.29 is 14.6 Å². The molecule has 1 unspecified atom stereocenters. The first-order chi connectivity index (χ1) is 10.8. The zero-order valence-corrected chi connectivity index (χ0v) is 14.6. The molecule has 2 N–H and O–H groups in total. The first-order valence-electron chi connectivity index (χ1n) is 7.89. The molecule has 0 saturated carbocycles. The number of carbonyl (C=O) groups excluding carboxylic acids is 1. The molecule has 0 spiro atoms. The summed E-state index contributed by atoms with van der Waals surface area (Å²) in [7, 11) is 0. The molecule has 1 aromatic carbocycles. The van der Waals surface area contributed by atoms with Crippen LogP contribution >= 0.6 is 11.6 Å². The minimum atomic E-state index is -0.376. The zero-order valence-electron chi connectivity index (χ0n) is 13.9. The van der Waals surface area contributed by atoms with Crippen molar-refractivity contribution in [3.63, 3.8) is 0 Å². The average Bonchev–Trinajstić information content (AvgIpc) is 2.40. The van der Waals surface area contributed by atoms with Gasteiger partial charge in [0.15, 0.2) is 0 Å². The van der Waals surface area contributed by atoms with Gasteiger partial charge in [-0.1, -0.05) is 37.6 Å². The minimum absolute atomic E-state index is 0.0221. The van der Waals surface area contributed by atoms with E-state index >= 15 is 0 Å². The van der Waals surface area contributed by atoms with Crippen LogP contribution in [0.5, 0.6) is 5.75 Å². The summed E-state index contributed by atoms with van der Waals surface area (Å²) in [6.07, 6.45) is 0.247. The van der Waals surface area contributed by atoms with E-state index in [2.05, 4.69) is 5.32 Å². The SMILES string of the molecule is CC(O)CC(C)(C)CNC(=O)N1CC(Oc2ccccc2Cl)C1. The van der Waals surface area contributed by atoms with Gasteiger partial charge in [-0.3, -0.25) is 0 Å². The Morgan fingerprint density at radius 3 is 2.74 bits per heavy atom. The highest BCUT2D eigenvalue weighted by atomic mass is 35.5. The van der Waals surface area contributed by atoms with Crippen LogP contribution in [0, 0.1) is 5.41 Å². The Kier molecular flexibility index (Phi) is 5.76. The standard InChI is InChI=1S/C17H25ClN2O3/c1-12(21)8-17(2,3)11-19-16(22)20-9-13(10-20)23-15-7-5-4-6-14(15)18/h4-7,12-13,21H,8-11H2,1-3H3,(H,19,22). The van der Waals surface area contributed by atoms with Crippen molar-refractivity contribution in [2.75, 3.05) is 19.6 Å². The predicted octanol–water partition coefficient (Wildman–Crippen LogP) is 2.91. The molecule has 1 heterocycles. The number of halogens is 1. The third kappa shape index (κ3) is 5.29. The monoisotopic (exact) mass is 340 g/mol. The number of urea groups is 1. The molecular formula is C17H25ClN2O3. The van der Waals surface area contributed by atoms with Gasteiger partial charge in [0.1, 0.15) is 11.9 Å². The molecule has 1 fully saturated rings. The summed E-state index contributed by atoms with van der Waals surface area (Å²) < 4.78 is 5.77. The number of para-hydroxylation sites is 1. The van der Waals surface area contributed by atoms with Crippen molar-refractivity contribution in [1.82, 2.24) is 10.2 Å². The van der Waals surface area contributed by atoms with Crippen LogP contribution in [0.3, 0.4) is 0 Å². The van der Waals surface area contributed by atoms with E-state index < -0.39 is 0 Å². The molecule has 0 bridgehead atoms. The van der Waals surface area contributed by atoms with Gasteiger partial charge in [0.2, 0.25) is 0 Å². The molecule has 23 heavy (non-hydrogen) atoms. The molecule has 0 aliphatic carbocycles. The fraction of sp³-hybridized carbons (Fsp3) is 0.588. The van der Waals surface area contributed by atoms with Crippen LogP contribution in [-0.2, 0) is 0 Å². The lowest BCUT2D eigenvalue weighted by Crippen LogP contribution is -2.59. The largest absolute Gasteiger partial charge is 0.485 e. The van der Waals surface area contributed by atoms with Gasteiger partial charge in [-0.25, -0.2) is 4.79 Å². The number of amides is 2. The summed E-state index contributed by atoms with van der Waals surface area (Å²) in [5.41, 5.74) is -0.137. The smallest absolute Gasteiger partial charge is 0.317 e. The lowest BCUT2D eigenvalue weighted by atomic mass is 9.87. The molecule has 1 saturated heterocycles. The maximum atomic E-state index is 12.1. The van der Waals surface area contributed by atoms with E-state index in [1.165, 1.54) is 0 Å². The molecule has 1 aromatic rings. The molecule has 1 aliphatic rings. The quantitative estimate of drug-likeness (QED) is 0.837. The minimum Gasteiger partial charge on any atom is -0.485 e. The summed E-state index contributed by atoms with van der Waals surface area (Å²) >= 11 is 6.05. The van der Waals surface area contributed by atoms with Crippen molar-refractivity contribution in [3.8, 4) is 5.75 Å². The number of hydrogen-bond donors (Lipinski definition) is 2. The summed E-state index contributed by atoms with van der Waals surface area (Å²) in [6, 6.07) is 7.23. The topological polar surface area (TPSA) is 61.8 Å². The molecule has 0 aromatic heterocycles. The van der Waals surface area contributed by atoms with E-state index in [4.69, 9.17) is 16.3 Å². The summed E-state index contributed by atoms with van der Waals surface area (Å²) in [5, 5.41) is 13.0. The second-order valence-corrected chi connectivity index (χ2v) is 7.36. The third-order valence-corrected chi connectivity index (χ3v) is 4.14. The normalized spacial score (nSPS) is 16.7. The van der Waals surface area contributed by atoms with Crippen molar-refractivity contribution in [2.45, 2.75) is 39.4 Å². The predicted molar refractivity (Wildman–Crippen MR) is 90.9 cm³/mol. The highest BCUT2D eigenvalue weighted by molar-refractivity contribution is 6.32. The number of hydrogen-bond acceptors (Lipinski definition) is 3. The zero-order chi connectivity index (χ0) is 17.0. The number of ether oxygens (including phenoxy) is 1. The maximum Gasteiger partial charge on any atom is 0.317 e. The van der Waals surface area contributed by atoms with Crippen molar-refractivity contribution in [2.24, 2.45) is 5.41 Å². The van der Waals surface area contributed by atoms with E-state index in [9.17, 15) is 9.90 Å². The number of aliphatic hydroxyl groups is 1. The lowest BCUT2D eigenvalue weighted by molar-refractivity contribution is 0.0429. The number of benzene rings is 1. The molecule has 5 nitrogen and oxygen atoms in total.